The van der Waals surface area contributed by atoms with Gasteiger partial charge in [-0.15, -0.1) is 0 Å². The van der Waals surface area contributed by atoms with Crippen molar-refractivity contribution in [2.24, 2.45) is 0 Å². The summed E-state index contributed by atoms with van der Waals surface area (Å²) in [4.78, 5) is 0. The molecule has 90 valence electrons. The fourth-order valence-electron chi connectivity index (χ4n) is 2.38. The molecule has 0 nitrogen and oxygen atoms in total. The predicted octanol–water partition coefficient (Wildman–Crippen LogP) is 5.66. The van der Waals surface area contributed by atoms with Crippen LogP contribution in [0.2, 0.25) is 0 Å². The maximum Gasteiger partial charge on any atom is 0.0414 e. The first-order chi connectivity index (χ1) is 8.55. The molecule has 3 aromatic carbocycles. The molecular formula is C17H15I. The highest BCUT2D eigenvalue weighted by molar-refractivity contribution is 14.1. The lowest BCUT2D eigenvalue weighted by Gasteiger charge is -2.17. The molecule has 0 heterocycles. The Labute approximate surface area is 121 Å². The Morgan fingerprint density at radius 1 is 0.778 bits per heavy atom. The van der Waals surface area contributed by atoms with Gasteiger partial charge in [0.15, 0.2) is 0 Å². The van der Waals surface area contributed by atoms with E-state index in [2.05, 4.69) is 91.0 Å². The fourth-order valence-corrected chi connectivity index (χ4v) is 2.72. The quantitative estimate of drug-likeness (QED) is 0.303. The van der Waals surface area contributed by atoms with Crippen molar-refractivity contribution in [2.45, 2.75) is 17.3 Å². The monoisotopic (exact) mass is 346 g/mol. The van der Waals surface area contributed by atoms with Crippen LogP contribution in [0.1, 0.15) is 19.4 Å². The molecule has 0 unspecified atom stereocenters. The second-order valence-electron chi connectivity index (χ2n) is 5.20. The zero-order chi connectivity index (χ0) is 12.8. The molecule has 0 aliphatic heterocycles. The van der Waals surface area contributed by atoms with Gasteiger partial charge in [0.25, 0.3) is 0 Å². The minimum absolute atomic E-state index is 0.178. The van der Waals surface area contributed by atoms with Crippen molar-refractivity contribution in [3.05, 3.63) is 60.2 Å². The van der Waals surface area contributed by atoms with Crippen molar-refractivity contribution >= 4 is 44.1 Å². The van der Waals surface area contributed by atoms with Gasteiger partial charge in [0.2, 0.25) is 0 Å². The highest BCUT2D eigenvalue weighted by Crippen LogP contribution is 2.34. The topological polar surface area (TPSA) is 0 Å². The number of fused-ring (bicyclic) bond motifs is 3. The minimum Gasteiger partial charge on any atom is -0.0743 e. The Balaban J connectivity index is 2.35. The summed E-state index contributed by atoms with van der Waals surface area (Å²) in [7, 11) is 0. The van der Waals surface area contributed by atoms with Crippen molar-refractivity contribution in [3.8, 4) is 0 Å². The number of benzene rings is 3. The van der Waals surface area contributed by atoms with Crippen LogP contribution in [0.5, 0.6) is 0 Å². The molecule has 0 radical (unpaired) electrons. The summed E-state index contributed by atoms with van der Waals surface area (Å²) >= 11 is 2.49. The minimum atomic E-state index is 0.178. The average Bonchev–Trinajstić information content (AvgIpc) is 2.37. The van der Waals surface area contributed by atoms with E-state index >= 15 is 0 Å². The zero-order valence-corrected chi connectivity index (χ0v) is 12.7. The molecule has 0 aliphatic carbocycles. The van der Waals surface area contributed by atoms with E-state index in [0.29, 0.717) is 0 Å². The Bertz CT molecular complexity index is 720. The van der Waals surface area contributed by atoms with E-state index in [0.717, 1.165) is 0 Å². The van der Waals surface area contributed by atoms with E-state index in [-0.39, 0.29) is 3.42 Å². The van der Waals surface area contributed by atoms with Gasteiger partial charge in [-0.2, -0.15) is 0 Å². The molecule has 0 fully saturated rings. The lowest BCUT2D eigenvalue weighted by Crippen LogP contribution is -2.05. The van der Waals surface area contributed by atoms with E-state index in [1.54, 1.807) is 0 Å². The van der Waals surface area contributed by atoms with Crippen LogP contribution in [0.15, 0.2) is 54.6 Å². The predicted molar refractivity (Wildman–Crippen MR) is 88.5 cm³/mol. The molecule has 0 spiro atoms. The van der Waals surface area contributed by atoms with Crippen molar-refractivity contribution < 1.29 is 0 Å². The number of halogens is 1. The summed E-state index contributed by atoms with van der Waals surface area (Å²) in [6.07, 6.45) is 0. The standard InChI is InChI=1S/C17H15I/c1-17(2,18)14-9-10-16-13(11-14)8-7-12-5-3-4-6-15(12)16/h3-11H,1-2H3. The van der Waals surface area contributed by atoms with Gasteiger partial charge in [-0.3, -0.25) is 0 Å². The molecule has 0 saturated carbocycles. The Hall–Kier alpha value is -1.09. The first-order valence-electron chi connectivity index (χ1n) is 6.17. The van der Waals surface area contributed by atoms with Gasteiger partial charge in [0, 0.05) is 3.42 Å². The van der Waals surface area contributed by atoms with Crippen LogP contribution in [0.3, 0.4) is 0 Å². The molecule has 3 aromatic rings. The first kappa shape index (κ1) is 12.0. The Kier molecular flexibility index (Phi) is 2.81. The van der Waals surface area contributed by atoms with Gasteiger partial charge >= 0.3 is 0 Å². The van der Waals surface area contributed by atoms with Crippen LogP contribution in [-0.4, -0.2) is 0 Å². The van der Waals surface area contributed by atoms with Crippen molar-refractivity contribution in [1.82, 2.24) is 0 Å². The Morgan fingerprint density at radius 3 is 2.22 bits per heavy atom. The molecule has 0 aromatic heterocycles. The molecule has 0 atom stereocenters. The molecular weight excluding hydrogens is 331 g/mol. The van der Waals surface area contributed by atoms with E-state index in [1.165, 1.54) is 27.1 Å². The number of hydrogen-bond donors (Lipinski definition) is 0. The summed E-state index contributed by atoms with van der Waals surface area (Å²) in [6.45, 7) is 4.49. The second kappa shape index (κ2) is 4.23. The maximum atomic E-state index is 2.49. The van der Waals surface area contributed by atoms with Crippen LogP contribution >= 0.6 is 22.6 Å². The van der Waals surface area contributed by atoms with Gasteiger partial charge < -0.3 is 0 Å². The van der Waals surface area contributed by atoms with Crippen LogP contribution in [0.25, 0.3) is 21.5 Å². The van der Waals surface area contributed by atoms with Gasteiger partial charge in [-0.1, -0.05) is 71.1 Å². The molecule has 0 saturated heterocycles. The number of alkyl halides is 1. The molecule has 18 heavy (non-hydrogen) atoms. The van der Waals surface area contributed by atoms with Gasteiger partial charge in [0.05, 0.1) is 0 Å². The molecule has 0 amide bonds. The third kappa shape index (κ3) is 2.01. The van der Waals surface area contributed by atoms with E-state index in [4.69, 9.17) is 0 Å². The molecule has 0 aliphatic rings. The van der Waals surface area contributed by atoms with Crippen molar-refractivity contribution in [2.75, 3.05) is 0 Å². The van der Waals surface area contributed by atoms with E-state index in [1.807, 2.05) is 0 Å². The summed E-state index contributed by atoms with van der Waals surface area (Å²) in [5, 5.41) is 5.33. The smallest absolute Gasteiger partial charge is 0.0414 e. The van der Waals surface area contributed by atoms with E-state index < -0.39 is 0 Å². The van der Waals surface area contributed by atoms with Crippen LogP contribution in [0.4, 0.5) is 0 Å². The third-order valence-corrected chi connectivity index (χ3v) is 4.05. The Morgan fingerprint density at radius 2 is 1.44 bits per heavy atom. The van der Waals surface area contributed by atoms with Gasteiger partial charge in [-0.25, -0.2) is 0 Å². The summed E-state index contributed by atoms with van der Waals surface area (Å²) < 4.78 is 0.178. The highest BCUT2D eigenvalue weighted by Gasteiger charge is 2.15. The highest BCUT2D eigenvalue weighted by atomic mass is 127. The van der Waals surface area contributed by atoms with Crippen LogP contribution < -0.4 is 0 Å². The maximum absolute atomic E-state index is 2.49. The van der Waals surface area contributed by atoms with Crippen molar-refractivity contribution in [1.29, 1.82) is 0 Å². The third-order valence-electron chi connectivity index (χ3n) is 3.43. The van der Waals surface area contributed by atoms with Crippen LogP contribution in [0, 0.1) is 0 Å². The van der Waals surface area contributed by atoms with E-state index in [9.17, 15) is 0 Å². The number of rotatable bonds is 1. The van der Waals surface area contributed by atoms with Crippen molar-refractivity contribution in [3.63, 3.8) is 0 Å². The van der Waals surface area contributed by atoms with Gasteiger partial charge in [-0.05, 0) is 47.0 Å². The zero-order valence-electron chi connectivity index (χ0n) is 10.6. The summed E-state index contributed by atoms with van der Waals surface area (Å²) in [6, 6.07) is 19.8. The summed E-state index contributed by atoms with van der Waals surface area (Å²) in [5.74, 6) is 0. The summed E-state index contributed by atoms with van der Waals surface area (Å²) in [5.41, 5.74) is 1.38. The largest absolute Gasteiger partial charge is 0.0743 e. The molecule has 0 N–H and O–H groups in total. The average molecular weight is 346 g/mol. The molecule has 0 bridgehead atoms. The first-order valence-corrected chi connectivity index (χ1v) is 7.24. The normalized spacial score (nSPS) is 12.2. The molecule has 3 rings (SSSR count). The SMILES string of the molecule is CC(C)(I)c1ccc2c(ccc3ccccc32)c1. The van der Waals surface area contributed by atoms with Crippen LogP contribution in [-0.2, 0) is 3.42 Å². The number of hydrogen-bond acceptors (Lipinski definition) is 0. The second-order valence-corrected chi connectivity index (χ2v) is 7.89. The molecule has 1 heteroatoms. The fraction of sp³-hybridized carbons (Fsp3) is 0.176. The lowest BCUT2D eigenvalue weighted by molar-refractivity contribution is 0.829. The van der Waals surface area contributed by atoms with Gasteiger partial charge in [0.1, 0.15) is 0 Å². The lowest BCUT2D eigenvalue weighted by atomic mass is 9.96.